The number of fused-ring (bicyclic) bond motifs is 1. The number of aromatic nitrogens is 1. The molecule has 0 saturated heterocycles. The van der Waals surface area contributed by atoms with Gasteiger partial charge in [0.25, 0.3) is 5.56 Å². The summed E-state index contributed by atoms with van der Waals surface area (Å²) in [7, 11) is -5.03. The second kappa shape index (κ2) is 7.44. The van der Waals surface area contributed by atoms with E-state index in [0.717, 1.165) is 43.5 Å². The zero-order valence-electron chi connectivity index (χ0n) is 14.9. The van der Waals surface area contributed by atoms with Crippen LogP contribution >= 0.6 is 0 Å². The van der Waals surface area contributed by atoms with Crippen LogP contribution < -0.4 is 9.74 Å². The van der Waals surface area contributed by atoms with Crippen LogP contribution in [0.5, 0.6) is 5.88 Å². The first-order chi connectivity index (χ1) is 13.9. The second-order valence-corrected chi connectivity index (χ2v) is 7.41. The first-order valence-electron chi connectivity index (χ1n) is 7.99. The fourth-order valence-electron chi connectivity index (χ4n) is 2.60. The van der Waals surface area contributed by atoms with Gasteiger partial charge in [-0.15, -0.1) is 0 Å². The molecule has 0 N–H and O–H groups in total. The van der Waals surface area contributed by atoms with E-state index in [1.54, 1.807) is 0 Å². The Labute approximate surface area is 166 Å². The molecule has 0 spiro atoms. The van der Waals surface area contributed by atoms with Gasteiger partial charge < -0.3 is 8.92 Å². The van der Waals surface area contributed by atoms with Gasteiger partial charge in [-0.05, 0) is 47.9 Å². The zero-order chi connectivity index (χ0) is 22.3. The molecule has 7 nitrogen and oxygen atoms in total. The van der Waals surface area contributed by atoms with Crippen molar-refractivity contribution in [3.63, 3.8) is 0 Å². The minimum Gasteiger partial charge on any atom is -0.465 e. The van der Waals surface area contributed by atoms with Crippen LogP contribution in [-0.4, -0.2) is 31.6 Å². The lowest BCUT2D eigenvalue weighted by Gasteiger charge is -2.16. The zero-order valence-corrected chi connectivity index (χ0v) is 15.8. The third-order valence-corrected chi connectivity index (χ3v) is 4.93. The average molecular weight is 445 g/mol. The smallest absolute Gasteiger partial charge is 0.465 e. The maximum absolute atomic E-state index is 13.2. The fourth-order valence-corrected chi connectivity index (χ4v) is 3.04. The highest BCUT2D eigenvalue weighted by Gasteiger charge is 2.49. The monoisotopic (exact) mass is 445 g/mol. The quantitative estimate of drug-likeness (QED) is 0.265. The predicted molar refractivity (Wildman–Crippen MR) is 96.4 cm³/mol. The van der Waals surface area contributed by atoms with E-state index in [4.69, 9.17) is 0 Å². The molecule has 0 bridgehead atoms. The number of hydrogen-bond donors (Lipinski definition) is 0. The SMILES string of the molecule is COC(=O)c1ccc2c(=O)n(-c3ccc(F)cc3)c(OS(=O)(=O)C(F)(F)F)cc2c1. The molecule has 12 heteroatoms. The molecular formula is C18H11F4NO6S. The maximum Gasteiger partial charge on any atom is 0.534 e. The van der Waals surface area contributed by atoms with Gasteiger partial charge in [-0.25, -0.2) is 13.8 Å². The van der Waals surface area contributed by atoms with Crippen molar-refractivity contribution in [1.82, 2.24) is 4.57 Å². The Kier molecular flexibility index (Phi) is 5.29. The van der Waals surface area contributed by atoms with Crippen molar-refractivity contribution in [1.29, 1.82) is 0 Å². The fraction of sp³-hybridized carbons (Fsp3) is 0.111. The number of carbonyl (C=O) groups is 1. The molecule has 0 saturated carbocycles. The van der Waals surface area contributed by atoms with Crippen LogP contribution in [0, 0.1) is 5.82 Å². The second-order valence-electron chi connectivity index (χ2n) is 5.88. The van der Waals surface area contributed by atoms with Crippen molar-refractivity contribution in [3.8, 4) is 11.6 Å². The summed E-state index contributed by atoms with van der Waals surface area (Å²) in [6, 6.07) is 8.39. The van der Waals surface area contributed by atoms with E-state index in [2.05, 4.69) is 8.92 Å². The summed E-state index contributed by atoms with van der Waals surface area (Å²) >= 11 is 0. The number of carbonyl (C=O) groups excluding carboxylic acids is 1. The third-order valence-electron chi connectivity index (χ3n) is 3.97. The lowest BCUT2D eigenvalue weighted by atomic mass is 10.1. The first kappa shape index (κ1) is 21.3. The summed E-state index contributed by atoms with van der Waals surface area (Å²) in [5.74, 6) is -2.48. The summed E-state index contributed by atoms with van der Waals surface area (Å²) in [5.41, 5.74) is -6.90. The van der Waals surface area contributed by atoms with Gasteiger partial charge in [0.1, 0.15) is 5.82 Å². The highest BCUT2D eigenvalue weighted by atomic mass is 32.2. The molecule has 0 unspecified atom stereocenters. The average Bonchev–Trinajstić information content (AvgIpc) is 2.67. The van der Waals surface area contributed by atoms with Crippen molar-refractivity contribution < 1.29 is 39.7 Å². The lowest BCUT2D eigenvalue weighted by Crippen LogP contribution is -2.31. The highest BCUT2D eigenvalue weighted by molar-refractivity contribution is 7.87. The van der Waals surface area contributed by atoms with E-state index in [0.29, 0.717) is 4.57 Å². The van der Waals surface area contributed by atoms with E-state index in [-0.39, 0.29) is 22.0 Å². The Morgan fingerprint density at radius 2 is 1.67 bits per heavy atom. The molecule has 0 aliphatic carbocycles. The third kappa shape index (κ3) is 3.85. The van der Waals surface area contributed by atoms with Gasteiger partial charge in [0.05, 0.1) is 18.4 Å². The first-order valence-corrected chi connectivity index (χ1v) is 9.40. The Bertz CT molecular complexity index is 1300. The molecule has 0 radical (unpaired) electrons. The van der Waals surface area contributed by atoms with E-state index >= 15 is 0 Å². The van der Waals surface area contributed by atoms with Crippen molar-refractivity contribution in [3.05, 3.63) is 70.3 Å². The van der Waals surface area contributed by atoms with Crippen LogP contribution in [0.1, 0.15) is 10.4 Å². The van der Waals surface area contributed by atoms with Gasteiger partial charge in [-0.2, -0.15) is 21.6 Å². The van der Waals surface area contributed by atoms with Crippen LogP contribution in [-0.2, 0) is 14.9 Å². The van der Waals surface area contributed by atoms with Gasteiger partial charge in [0.15, 0.2) is 0 Å². The van der Waals surface area contributed by atoms with Crippen LogP contribution in [0.25, 0.3) is 16.5 Å². The molecule has 0 aliphatic rings. The van der Waals surface area contributed by atoms with E-state index in [1.807, 2.05) is 0 Å². The van der Waals surface area contributed by atoms with Crippen molar-refractivity contribution in [2.75, 3.05) is 7.11 Å². The number of pyridine rings is 1. The van der Waals surface area contributed by atoms with Crippen molar-refractivity contribution in [2.24, 2.45) is 0 Å². The molecule has 1 heterocycles. The molecule has 158 valence electrons. The normalized spacial score (nSPS) is 12.0. The van der Waals surface area contributed by atoms with Crippen molar-refractivity contribution >= 4 is 26.9 Å². The molecule has 30 heavy (non-hydrogen) atoms. The number of benzene rings is 2. The van der Waals surface area contributed by atoms with Gasteiger partial charge in [-0.1, -0.05) is 0 Å². The number of esters is 1. The largest absolute Gasteiger partial charge is 0.534 e. The predicted octanol–water partition coefficient (Wildman–Crippen LogP) is 3.14. The lowest BCUT2D eigenvalue weighted by molar-refractivity contribution is -0.0502. The standard InChI is InChI=1S/C18H11F4NO6S/c1-28-17(25)10-2-7-14-11(8-10)9-15(29-30(26,27)18(20,21)22)23(16(14)24)13-5-3-12(19)4-6-13/h2-9H,1H3. The van der Waals surface area contributed by atoms with Crippen LogP contribution in [0.2, 0.25) is 0 Å². The van der Waals surface area contributed by atoms with Crippen molar-refractivity contribution in [2.45, 2.75) is 5.51 Å². The number of rotatable bonds is 4. The molecule has 0 amide bonds. The molecule has 0 atom stereocenters. The van der Waals surface area contributed by atoms with Gasteiger partial charge in [0.2, 0.25) is 5.88 Å². The molecule has 2 aromatic carbocycles. The Morgan fingerprint density at radius 3 is 2.23 bits per heavy atom. The summed E-state index contributed by atoms with van der Waals surface area (Å²) in [6.45, 7) is 0. The number of ether oxygens (including phenoxy) is 1. The molecule has 3 rings (SSSR count). The number of nitrogens with zero attached hydrogens (tertiary/aromatic N) is 1. The Balaban J connectivity index is 2.33. The summed E-state index contributed by atoms with van der Waals surface area (Å²) < 4.78 is 84.1. The summed E-state index contributed by atoms with van der Waals surface area (Å²) in [6.07, 6.45) is 0. The van der Waals surface area contributed by atoms with Crippen LogP contribution in [0.15, 0.2) is 53.3 Å². The molecule has 3 aromatic rings. The van der Waals surface area contributed by atoms with E-state index < -0.39 is 38.9 Å². The molecular weight excluding hydrogens is 434 g/mol. The molecule has 0 aliphatic heterocycles. The van der Waals surface area contributed by atoms with E-state index in [1.165, 1.54) is 12.1 Å². The Hall–Kier alpha value is -3.41. The number of alkyl halides is 3. The minimum absolute atomic E-state index is 0.0337. The molecule has 1 aromatic heterocycles. The number of halogens is 4. The minimum atomic E-state index is -6.13. The van der Waals surface area contributed by atoms with Gasteiger partial charge in [0, 0.05) is 11.5 Å². The van der Waals surface area contributed by atoms with Gasteiger partial charge in [-0.3, -0.25) is 4.79 Å². The number of methoxy groups -OCH3 is 1. The van der Waals surface area contributed by atoms with Gasteiger partial charge >= 0.3 is 21.6 Å². The number of hydrogen-bond acceptors (Lipinski definition) is 6. The van der Waals surface area contributed by atoms with Crippen LogP contribution in [0.3, 0.4) is 0 Å². The molecule has 0 fully saturated rings. The Morgan fingerprint density at radius 1 is 1.03 bits per heavy atom. The topological polar surface area (TPSA) is 91.7 Å². The summed E-state index contributed by atoms with van der Waals surface area (Å²) in [5, 5.41) is -0.141. The summed E-state index contributed by atoms with van der Waals surface area (Å²) in [4.78, 5) is 24.6. The van der Waals surface area contributed by atoms with E-state index in [9.17, 15) is 35.6 Å². The van der Waals surface area contributed by atoms with Crippen LogP contribution in [0.4, 0.5) is 17.6 Å². The highest BCUT2D eigenvalue weighted by Crippen LogP contribution is 2.29. The maximum atomic E-state index is 13.2.